The molecule has 2 fully saturated rings. The van der Waals surface area contributed by atoms with E-state index in [1.54, 1.807) is 0 Å². The fourth-order valence-corrected chi connectivity index (χ4v) is 3.25. The van der Waals surface area contributed by atoms with Crippen molar-refractivity contribution in [1.82, 2.24) is 15.1 Å². The first-order chi connectivity index (χ1) is 9.52. The molecule has 0 bridgehead atoms. The van der Waals surface area contributed by atoms with Gasteiger partial charge in [-0.1, -0.05) is 13.3 Å². The average molecular weight is 283 g/mol. The number of amides is 2. The van der Waals surface area contributed by atoms with Gasteiger partial charge in [-0.15, -0.1) is 0 Å². The molecule has 3 unspecified atom stereocenters. The van der Waals surface area contributed by atoms with Crippen LogP contribution in [-0.2, 0) is 4.79 Å². The Bertz CT molecular complexity index is 375. The minimum atomic E-state index is -0.794. The number of nitrogens with one attached hydrogen (secondary N) is 1. The van der Waals surface area contributed by atoms with Gasteiger partial charge in [0.05, 0.1) is 5.92 Å². The summed E-state index contributed by atoms with van der Waals surface area (Å²) < 4.78 is 0. The number of piperazine rings is 1. The Balaban J connectivity index is 1.90. The van der Waals surface area contributed by atoms with Crippen LogP contribution in [-0.4, -0.2) is 65.7 Å². The molecule has 1 aliphatic carbocycles. The van der Waals surface area contributed by atoms with E-state index in [1.165, 1.54) is 0 Å². The van der Waals surface area contributed by atoms with E-state index in [-0.39, 0.29) is 12.1 Å². The van der Waals surface area contributed by atoms with Gasteiger partial charge in [0.1, 0.15) is 0 Å². The van der Waals surface area contributed by atoms with Crippen LogP contribution in [0.2, 0.25) is 0 Å². The highest BCUT2D eigenvalue weighted by atomic mass is 16.4. The standard InChI is InChI=1S/C14H25N3O3/c1-3-10-9-17(8-7-16(10)2)14(20)15-12-6-4-5-11(12)13(18)19/h10-12H,3-9H2,1-2H3,(H,15,20)(H,18,19). The summed E-state index contributed by atoms with van der Waals surface area (Å²) in [5.74, 6) is -1.22. The highest BCUT2D eigenvalue weighted by Gasteiger charge is 2.35. The summed E-state index contributed by atoms with van der Waals surface area (Å²) in [6.07, 6.45) is 3.33. The van der Waals surface area contributed by atoms with Crippen molar-refractivity contribution in [2.45, 2.75) is 44.7 Å². The second-order valence-electron chi connectivity index (χ2n) is 5.92. The number of urea groups is 1. The maximum Gasteiger partial charge on any atom is 0.317 e. The van der Waals surface area contributed by atoms with Crippen LogP contribution >= 0.6 is 0 Å². The van der Waals surface area contributed by atoms with E-state index in [1.807, 2.05) is 4.90 Å². The van der Waals surface area contributed by atoms with Crippen LogP contribution in [0.5, 0.6) is 0 Å². The van der Waals surface area contributed by atoms with Crippen molar-refractivity contribution in [3.8, 4) is 0 Å². The van der Waals surface area contributed by atoms with E-state index in [0.29, 0.717) is 19.0 Å². The van der Waals surface area contributed by atoms with Crippen LogP contribution in [0.1, 0.15) is 32.6 Å². The Morgan fingerprint density at radius 1 is 1.30 bits per heavy atom. The first kappa shape index (κ1) is 15.1. The summed E-state index contributed by atoms with van der Waals surface area (Å²) in [7, 11) is 2.08. The molecular formula is C14H25N3O3. The third kappa shape index (κ3) is 3.23. The molecule has 6 nitrogen and oxygen atoms in total. The van der Waals surface area contributed by atoms with Gasteiger partial charge in [-0.2, -0.15) is 0 Å². The van der Waals surface area contributed by atoms with E-state index in [9.17, 15) is 9.59 Å². The molecule has 0 spiro atoms. The van der Waals surface area contributed by atoms with Crippen LogP contribution in [0, 0.1) is 5.92 Å². The van der Waals surface area contributed by atoms with Crippen molar-refractivity contribution in [3.05, 3.63) is 0 Å². The van der Waals surface area contributed by atoms with Gasteiger partial charge in [0.2, 0.25) is 0 Å². The lowest BCUT2D eigenvalue weighted by molar-refractivity contribution is -0.142. The van der Waals surface area contributed by atoms with Gasteiger partial charge in [0, 0.05) is 31.7 Å². The van der Waals surface area contributed by atoms with Crippen LogP contribution in [0.3, 0.4) is 0 Å². The van der Waals surface area contributed by atoms with Crippen LogP contribution in [0.15, 0.2) is 0 Å². The highest BCUT2D eigenvalue weighted by molar-refractivity contribution is 5.77. The van der Waals surface area contributed by atoms with E-state index in [0.717, 1.165) is 32.4 Å². The first-order valence-electron chi connectivity index (χ1n) is 7.51. The Labute approximate surface area is 120 Å². The van der Waals surface area contributed by atoms with Crippen molar-refractivity contribution in [2.24, 2.45) is 5.92 Å². The van der Waals surface area contributed by atoms with Gasteiger partial charge in [0.15, 0.2) is 0 Å². The topological polar surface area (TPSA) is 72.9 Å². The number of likely N-dealkylation sites (N-methyl/N-ethyl adjacent to an activating group) is 1. The maximum absolute atomic E-state index is 12.3. The van der Waals surface area contributed by atoms with Crippen LogP contribution in [0.4, 0.5) is 4.79 Å². The monoisotopic (exact) mass is 283 g/mol. The zero-order valence-electron chi connectivity index (χ0n) is 12.3. The fraction of sp³-hybridized carbons (Fsp3) is 0.857. The molecule has 0 aromatic heterocycles. The molecule has 114 valence electrons. The molecule has 0 aromatic rings. The number of carboxylic acid groups (broad SMARTS) is 1. The summed E-state index contributed by atoms with van der Waals surface area (Å²) >= 11 is 0. The summed E-state index contributed by atoms with van der Waals surface area (Å²) in [4.78, 5) is 27.5. The lowest BCUT2D eigenvalue weighted by atomic mass is 10.0. The fourth-order valence-electron chi connectivity index (χ4n) is 3.25. The molecule has 2 aliphatic rings. The maximum atomic E-state index is 12.3. The predicted molar refractivity (Wildman–Crippen MR) is 75.6 cm³/mol. The lowest BCUT2D eigenvalue weighted by Crippen LogP contribution is -2.57. The first-order valence-corrected chi connectivity index (χ1v) is 7.51. The molecule has 1 saturated carbocycles. The normalized spacial score (nSPS) is 31.3. The summed E-state index contributed by atoms with van der Waals surface area (Å²) in [6, 6.07) is 0.0859. The number of carbonyl (C=O) groups is 2. The van der Waals surface area contributed by atoms with Crippen molar-refractivity contribution in [2.75, 3.05) is 26.7 Å². The molecule has 2 amide bonds. The number of nitrogens with zero attached hydrogens (tertiary/aromatic N) is 2. The smallest absolute Gasteiger partial charge is 0.317 e. The Morgan fingerprint density at radius 3 is 2.70 bits per heavy atom. The predicted octanol–water partition coefficient (Wildman–Crippen LogP) is 0.975. The Morgan fingerprint density at radius 2 is 2.05 bits per heavy atom. The summed E-state index contributed by atoms with van der Waals surface area (Å²) in [5.41, 5.74) is 0. The van der Waals surface area contributed by atoms with Crippen LogP contribution < -0.4 is 5.32 Å². The largest absolute Gasteiger partial charge is 0.481 e. The zero-order chi connectivity index (χ0) is 14.7. The molecule has 1 aliphatic heterocycles. The van der Waals surface area contributed by atoms with E-state index < -0.39 is 11.9 Å². The van der Waals surface area contributed by atoms with E-state index in [2.05, 4.69) is 24.2 Å². The molecular weight excluding hydrogens is 258 g/mol. The highest BCUT2D eigenvalue weighted by Crippen LogP contribution is 2.26. The average Bonchev–Trinajstić information content (AvgIpc) is 2.87. The van der Waals surface area contributed by atoms with Crippen molar-refractivity contribution in [1.29, 1.82) is 0 Å². The minimum Gasteiger partial charge on any atom is -0.481 e. The molecule has 2 N–H and O–H groups in total. The van der Waals surface area contributed by atoms with Crippen LogP contribution in [0.25, 0.3) is 0 Å². The molecule has 6 heteroatoms. The third-order valence-electron chi connectivity index (χ3n) is 4.68. The number of carbonyl (C=O) groups excluding carboxylic acids is 1. The molecule has 0 radical (unpaired) electrons. The number of aliphatic carboxylic acids is 1. The minimum absolute atomic E-state index is 0.102. The van der Waals surface area contributed by atoms with Gasteiger partial charge in [0.25, 0.3) is 0 Å². The summed E-state index contributed by atoms with van der Waals surface area (Å²) in [5, 5.41) is 12.1. The molecule has 3 atom stereocenters. The van der Waals surface area contributed by atoms with Crippen molar-refractivity contribution >= 4 is 12.0 Å². The SMILES string of the molecule is CCC1CN(C(=O)NC2CCCC2C(=O)O)CCN1C. The lowest BCUT2D eigenvalue weighted by Gasteiger charge is -2.39. The Kier molecular flexibility index (Phi) is 4.86. The van der Waals surface area contributed by atoms with Gasteiger partial charge in [-0.3, -0.25) is 9.69 Å². The molecule has 1 saturated heterocycles. The molecule has 20 heavy (non-hydrogen) atoms. The second-order valence-corrected chi connectivity index (χ2v) is 5.92. The van der Waals surface area contributed by atoms with Gasteiger partial charge in [-0.25, -0.2) is 4.79 Å². The van der Waals surface area contributed by atoms with Gasteiger partial charge < -0.3 is 15.3 Å². The number of rotatable bonds is 3. The molecule has 1 heterocycles. The number of hydrogen-bond donors (Lipinski definition) is 2. The zero-order valence-corrected chi connectivity index (χ0v) is 12.3. The number of hydrogen-bond acceptors (Lipinski definition) is 3. The third-order valence-corrected chi connectivity index (χ3v) is 4.68. The Hall–Kier alpha value is -1.30. The second kappa shape index (κ2) is 6.43. The van der Waals surface area contributed by atoms with Gasteiger partial charge >= 0.3 is 12.0 Å². The van der Waals surface area contributed by atoms with Crippen molar-refractivity contribution in [3.63, 3.8) is 0 Å². The molecule has 2 rings (SSSR count). The molecule has 0 aromatic carbocycles. The number of carboxylic acids is 1. The van der Waals surface area contributed by atoms with E-state index >= 15 is 0 Å². The summed E-state index contributed by atoms with van der Waals surface area (Å²) in [6.45, 7) is 4.44. The van der Waals surface area contributed by atoms with Gasteiger partial charge in [-0.05, 0) is 26.3 Å². The quantitative estimate of drug-likeness (QED) is 0.809. The van der Waals surface area contributed by atoms with E-state index in [4.69, 9.17) is 5.11 Å². The van der Waals surface area contributed by atoms with Crippen molar-refractivity contribution < 1.29 is 14.7 Å².